The molecule has 1 N–H and O–H groups in total. The Balaban J connectivity index is 0.000001000. The molecule has 0 amide bonds. The fourth-order valence-electron chi connectivity index (χ4n) is 2.87. The predicted octanol–water partition coefficient (Wildman–Crippen LogP) is 4.19. The van der Waals surface area contributed by atoms with Gasteiger partial charge in [-0.1, -0.05) is 35.3 Å². The maximum atomic E-state index is 6.40. The lowest BCUT2D eigenvalue weighted by Crippen LogP contribution is -2.45. The molecule has 1 aliphatic carbocycles. The summed E-state index contributed by atoms with van der Waals surface area (Å²) >= 11 is 12.6. The molecule has 1 saturated heterocycles. The van der Waals surface area contributed by atoms with Crippen LogP contribution >= 0.6 is 48.0 Å². The van der Waals surface area contributed by atoms with Crippen LogP contribution in [0.1, 0.15) is 24.4 Å². The highest BCUT2D eigenvalue weighted by atomic mass is 35.5. The van der Waals surface area contributed by atoms with Gasteiger partial charge in [0.2, 0.25) is 0 Å². The van der Waals surface area contributed by atoms with Crippen molar-refractivity contribution in [3.05, 3.63) is 33.8 Å². The Hall–Kier alpha value is 0.300. The molecule has 1 aromatic carbocycles. The van der Waals surface area contributed by atoms with E-state index in [0.717, 1.165) is 37.1 Å². The normalized spacial score (nSPS) is 20.7. The van der Waals surface area contributed by atoms with Crippen molar-refractivity contribution in [2.75, 3.05) is 26.2 Å². The van der Waals surface area contributed by atoms with Gasteiger partial charge in [0.25, 0.3) is 0 Å². The van der Waals surface area contributed by atoms with Gasteiger partial charge in [0.15, 0.2) is 0 Å². The van der Waals surface area contributed by atoms with Crippen molar-refractivity contribution < 1.29 is 0 Å². The van der Waals surface area contributed by atoms with Gasteiger partial charge in [-0.15, -0.1) is 24.8 Å². The van der Waals surface area contributed by atoms with E-state index in [0.29, 0.717) is 11.1 Å². The van der Waals surface area contributed by atoms with Crippen LogP contribution in [-0.4, -0.2) is 31.1 Å². The van der Waals surface area contributed by atoms with Gasteiger partial charge in [0.05, 0.1) is 10.0 Å². The van der Waals surface area contributed by atoms with Crippen LogP contribution in [0.4, 0.5) is 0 Å². The van der Waals surface area contributed by atoms with Gasteiger partial charge in [-0.05, 0) is 30.4 Å². The molecule has 0 bridgehead atoms. The van der Waals surface area contributed by atoms with Crippen molar-refractivity contribution in [3.63, 3.8) is 0 Å². The second-order valence-corrected chi connectivity index (χ2v) is 6.00. The average molecular weight is 358 g/mol. The summed E-state index contributed by atoms with van der Waals surface area (Å²) in [5.74, 6) is 0.763. The first-order valence-corrected chi connectivity index (χ1v) is 7.41. The van der Waals surface area contributed by atoms with Gasteiger partial charge >= 0.3 is 0 Å². The quantitative estimate of drug-likeness (QED) is 0.872. The monoisotopic (exact) mass is 356 g/mol. The molecule has 0 unspecified atom stereocenters. The molecule has 1 saturated carbocycles. The summed E-state index contributed by atoms with van der Waals surface area (Å²) in [4.78, 5) is 2.56. The second kappa shape index (κ2) is 8.07. The number of benzene rings is 1. The standard InChI is InChI=1S/C14H18Cl2N2.2ClH/c15-12-3-1-2-11(13(12)16)14(10-4-5-10)18-8-6-17-7-9-18;;/h1-3,10,14,17H,4-9H2;2*1H/t14-;;/m0../s1. The fourth-order valence-corrected chi connectivity index (χ4v) is 3.29. The highest BCUT2D eigenvalue weighted by Gasteiger charge is 2.37. The molecule has 1 heterocycles. The van der Waals surface area contributed by atoms with Crippen molar-refractivity contribution in [2.45, 2.75) is 18.9 Å². The summed E-state index contributed by atoms with van der Waals surface area (Å²) in [6.07, 6.45) is 2.63. The van der Waals surface area contributed by atoms with Crippen LogP contribution in [0.25, 0.3) is 0 Å². The molecule has 1 aromatic rings. The summed E-state index contributed by atoms with van der Waals surface area (Å²) in [7, 11) is 0. The van der Waals surface area contributed by atoms with Gasteiger partial charge in [-0.3, -0.25) is 4.90 Å². The molecule has 0 aromatic heterocycles. The van der Waals surface area contributed by atoms with E-state index in [2.05, 4.69) is 16.3 Å². The van der Waals surface area contributed by atoms with Crippen LogP contribution in [-0.2, 0) is 0 Å². The van der Waals surface area contributed by atoms with Crippen LogP contribution in [0.15, 0.2) is 18.2 Å². The third-order valence-corrected chi connectivity index (χ3v) is 4.75. The second-order valence-electron chi connectivity index (χ2n) is 5.21. The van der Waals surface area contributed by atoms with Crippen molar-refractivity contribution in [1.29, 1.82) is 0 Å². The Morgan fingerprint density at radius 2 is 1.75 bits per heavy atom. The molecular formula is C14H20Cl4N2. The zero-order chi connectivity index (χ0) is 12.5. The van der Waals surface area contributed by atoms with Gasteiger partial charge in [0.1, 0.15) is 0 Å². The largest absolute Gasteiger partial charge is 0.314 e. The fraction of sp³-hybridized carbons (Fsp3) is 0.571. The Morgan fingerprint density at radius 1 is 1.10 bits per heavy atom. The van der Waals surface area contributed by atoms with Crippen LogP contribution in [0.5, 0.6) is 0 Å². The Kier molecular flexibility index (Phi) is 7.40. The van der Waals surface area contributed by atoms with Gasteiger partial charge in [-0.2, -0.15) is 0 Å². The molecule has 2 nitrogen and oxygen atoms in total. The van der Waals surface area contributed by atoms with Crippen molar-refractivity contribution >= 4 is 48.0 Å². The Bertz CT molecular complexity index is 431. The van der Waals surface area contributed by atoms with E-state index in [1.165, 1.54) is 18.4 Å². The molecule has 0 radical (unpaired) electrons. The maximum absolute atomic E-state index is 6.40. The summed E-state index contributed by atoms with van der Waals surface area (Å²) < 4.78 is 0. The number of hydrogen-bond donors (Lipinski definition) is 1. The minimum Gasteiger partial charge on any atom is -0.314 e. The highest BCUT2D eigenvalue weighted by Crippen LogP contribution is 2.47. The van der Waals surface area contributed by atoms with Gasteiger partial charge < -0.3 is 5.32 Å². The molecule has 6 heteroatoms. The topological polar surface area (TPSA) is 15.3 Å². The lowest BCUT2D eigenvalue weighted by Gasteiger charge is -2.36. The number of nitrogens with one attached hydrogen (secondary N) is 1. The van der Waals surface area contributed by atoms with Gasteiger partial charge in [0, 0.05) is 32.2 Å². The maximum Gasteiger partial charge on any atom is 0.0640 e. The molecule has 1 aliphatic heterocycles. The van der Waals surface area contributed by atoms with Crippen LogP contribution in [0.2, 0.25) is 10.0 Å². The molecule has 20 heavy (non-hydrogen) atoms. The molecule has 1 atom stereocenters. The van der Waals surface area contributed by atoms with E-state index in [-0.39, 0.29) is 24.8 Å². The van der Waals surface area contributed by atoms with Crippen molar-refractivity contribution in [2.24, 2.45) is 5.92 Å². The zero-order valence-corrected chi connectivity index (χ0v) is 14.3. The highest BCUT2D eigenvalue weighted by molar-refractivity contribution is 6.42. The zero-order valence-electron chi connectivity index (χ0n) is 11.1. The van der Waals surface area contributed by atoms with E-state index in [1.54, 1.807) is 0 Å². The third-order valence-electron chi connectivity index (χ3n) is 3.91. The smallest absolute Gasteiger partial charge is 0.0640 e. The number of halogens is 4. The minimum atomic E-state index is 0. The summed E-state index contributed by atoms with van der Waals surface area (Å²) in [5, 5.41) is 4.83. The number of hydrogen-bond acceptors (Lipinski definition) is 2. The number of nitrogens with zero attached hydrogens (tertiary/aromatic N) is 1. The van der Waals surface area contributed by atoms with Crippen LogP contribution in [0, 0.1) is 5.92 Å². The molecular weight excluding hydrogens is 338 g/mol. The van der Waals surface area contributed by atoms with Crippen LogP contribution < -0.4 is 5.32 Å². The van der Waals surface area contributed by atoms with E-state index >= 15 is 0 Å². The van der Waals surface area contributed by atoms with Crippen LogP contribution in [0.3, 0.4) is 0 Å². The minimum absolute atomic E-state index is 0. The van der Waals surface area contributed by atoms with Crippen molar-refractivity contribution in [1.82, 2.24) is 10.2 Å². The van der Waals surface area contributed by atoms with Gasteiger partial charge in [-0.25, -0.2) is 0 Å². The molecule has 3 rings (SSSR count). The SMILES string of the molecule is Cl.Cl.Clc1cccc([C@H](C2CC2)N2CCNCC2)c1Cl. The third kappa shape index (κ3) is 3.94. The first-order chi connectivity index (χ1) is 8.77. The van der Waals surface area contributed by atoms with E-state index in [9.17, 15) is 0 Å². The summed E-state index contributed by atoms with van der Waals surface area (Å²) in [5.41, 5.74) is 1.22. The van der Waals surface area contributed by atoms with Crippen molar-refractivity contribution in [3.8, 4) is 0 Å². The number of piperazine rings is 1. The average Bonchev–Trinajstić information content (AvgIpc) is 3.21. The molecule has 2 aliphatic rings. The van der Waals surface area contributed by atoms with E-state index in [4.69, 9.17) is 23.2 Å². The summed E-state index contributed by atoms with van der Waals surface area (Å²) in [6.45, 7) is 4.34. The summed E-state index contributed by atoms with van der Waals surface area (Å²) in [6, 6.07) is 6.48. The predicted molar refractivity (Wildman–Crippen MR) is 90.9 cm³/mol. The first kappa shape index (κ1) is 18.3. The molecule has 2 fully saturated rings. The van der Waals surface area contributed by atoms with E-state index < -0.39 is 0 Å². The molecule has 0 spiro atoms. The lowest BCUT2D eigenvalue weighted by molar-refractivity contribution is 0.156. The van der Waals surface area contributed by atoms with E-state index in [1.807, 2.05) is 12.1 Å². The number of rotatable bonds is 3. The Labute approximate surface area is 143 Å². The molecule has 114 valence electrons. The Morgan fingerprint density at radius 3 is 2.35 bits per heavy atom. The lowest BCUT2D eigenvalue weighted by atomic mass is 9.99. The first-order valence-electron chi connectivity index (χ1n) is 6.66.